The lowest BCUT2D eigenvalue weighted by atomic mass is 9.83. The Kier molecular flexibility index (Phi) is 6.76. The molecule has 0 amide bonds. The number of aliphatic hydroxyl groups is 5. The minimum absolute atomic E-state index is 0.450. The molecule has 180 valence electrons. The molecule has 0 aliphatic carbocycles. The fourth-order valence-corrected chi connectivity index (χ4v) is 4.37. The van der Waals surface area contributed by atoms with E-state index < -0.39 is 86.1 Å². The van der Waals surface area contributed by atoms with E-state index in [1.807, 2.05) is 0 Å². The van der Waals surface area contributed by atoms with Crippen molar-refractivity contribution in [2.75, 3.05) is 6.61 Å². The lowest BCUT2D eigenvalue weighted by molar-refractivity contribution is -0.367. The third-order valence-electron chi connectivity index (χ3n) is 4.68. The Morgan fingerprint density at radius 3 is 2.13 bits per heavy atom. The first-order chi connectivity index (χ1) is 13.9. The van der Waals surface area contributed by atoms with Gasteiger partial charge in [0, 0.05) is 0 Å². The van der Waals surface area contributed by atoms with Crippen molar-refractivity contribution in [1.82, 2.24) is 0 Å². The summed E-state index contributed by atoms with van der Waals surface area (Å²) in [4.78, 5) is 7.32. The van der Waals surface area contributed by atoms with Crippen molar-refractivity contribution in [1.29, 1.82) is 0 Å². The molecule has 0 spiro atoms. The Morgan fingerprint density at radius 2 is 1.68 bits per heavy atom. The smallest absolute Gasteiger partial charge is 0.397 e. The summed E-state index contributed by atoms with van der Waals surface area (Å²) in [6.07, 6.45) is -14.4. The molecule has 10 N–H and O–H groups in total. The predicted molar refractivity (Wildman–Crippen MR) is 90.4 cm³/mol. The molecule has 19 heteroatoms. The Balaban J connectivity index is 2.64. The minimum atomic E-state index is -5.87. The molecule has 1 saturated heterocycles. The van der Waals surface area contributed by atoms with Crippen molar-refractivity contribution >= 4 is 26.5 Å². The van der Waals surface area contributed by atoms with Crippen molar-refractivity contribution in [2.24, 2.45) is 5.73 Å². The van der Waals surface area contributed by atoms with Crippen LogP contribution in [0.5, 0.6) is 0 Å². The number of rotatable bonds is 6. The first kappa shape index (κ1) is 25.8. The minimum Gasteiger partial charge on any atom is -0.475 e. The summed E-state index contributed by atoms with van der Waals surface area (Å²) in [6.45, 7) is -1.38. The maximum Gasteiger partial charge on any atom is 0.397 e. The van der Waals surface area contributed by atoms with E-state index in [0.717, 1.165) is 0 Å². The highest BCUT2D eigenvalue weighted by Crippen LogP contribution is 2.44. The highest BCUT2D eigenvalue weighted by molar-refractivity contribution is 7.87. The monoisotopic (exact) mass is 497 g/mol. The normalized spacial score (nSPS) is 41.9. The zero-order chi connectivity index (χ0) is 24.2. The van der Waals surface area contributed by atoms with Crippen molar-refractivity contribution in [3.05, 3.63) is 11.8 Å². The quantitative estimate of drug-likeness (QED) is 0.154. The van der Waals surface area contributed by atoms with Crippen LogP contribution in [-0.4, -0.2) is 116 Å². The van der Waals surface area contributed by atoms with Crippen LogP contribution in [0.4, 0.5) is 0 Å². The molecule has 2 aliphatic heterocycles. The second-order valence-corrected chi connectivity index (χ2v) is 9.34. The van der Waals surface area contributed by atoms with E-state index in [1.54, 1.807) is 0 Å². The van der Waals surface area contributed by atoms with E-state index in [9.17, 15) is 51.7 Å². The standard InChI is InChI=1S/C12H19NO16S2/c13-11(30(21,22)23)8(17)7(16)5(2-27-31(24,25)26)29-12(11,20)9-6(15)3(14)1-4(28-9)10(18)19/h1,3,5-9,14-17,20H,2,13H2,(H,18,19)(H,21,22,23)(H,24,25,26)/t3-,5+,6+,7+,8-,9?,11-,12?/m0/s1. The van der Waals surface area contributed by atoms with Crippen LogP contribution in [0.15, 0.2) is 11.8 Å². The Morgan fingerprint density at radius 1 is 1.13 bits per heavy atom. The van der Waals surface area contributed by atoms with E-state index in [1.165, 1.54) is 0 Å². The van der Waals surface area contributed by atoms with Gasteiger partial charge in [-0.25, -0.2) is 8.98 Å². The van der Waals surface area contributed by atoms with Crippen LogP contribution >= 0.6 is 0 Å². The number of carboxylic acid groups (broad SMARTS) is 1. The lowest BCUT2D eigenvalue weighted by Gasteiger charge is -2.55. The highest BCUT2D eigenvalue weighted by Gasteiger charge is 2.74. The van der Waals surface area contributed by atoms with Gasteiger partial charge in [0.05, 0.1) is 6.61 Å². The van der Waals surface area contributed by atoms with Gasteiger partial charge in [0.2, 0.25) is 16.4 Å². The van der Waals surface area contributed by atoms with E-state index >= 15 is 0 Å². The van der Waals surface area contributed by atoms with Gasteiger partial charge < -0.3 is 45.8 Å². The lowest BCUT2D eigenvalue weighted by Crippen LogP contribution is -2.84. The van der Waals surface area contributed by atoms with Crippen LogP contribution in [0.1, 0.15) is 0 Å². The van der Waals surface area contributed by atoms with Crippen LogP contribution in [0.25, 0.3) is 0 Å². The molecule has 0 aromatic rings. The fourth-order valence-electron chi connectivity index (χ4n) is 3.09. The van der Waals surface area contributed by atoms with Gasteiger partial charge in [0.1, 0.15) is 30.5 Å². The van der Waals surface area contributed by atoms with E-state index in [4.69, 9.17) is 24.9 Å². The van der Waals surface area contributed by atoms with Gasteiger partial charge in [0.15, 0.2) is 6.10 Å². The average molecular weight is 497 g/mol. The number of carboxylic acids is 1. The van der Waals surface area contributed by atoms with Gasteiger partial charge in [0.25, 0.3) is 10.1 Å². The maximum absolute atomic E-state index is 12.0. The Labute approximate surface area is 173 Å². The molecule has 31 heavy (non-hydrogen) atoms. The number of aliphatic hydroxyl groups excluding tert-OH is 4. The number of nitrogens with two attached hydrogens (primary N) is 1. The molecular formula is C12H19NO16S2. The molecule has 0 aromatic carbocycles. The third kappa shape index (κ3) is 4.40. The molecule has 2 rings (SSSR count). The summed E-state index contributed by atoms with van der Waals surface area (Å²) in [5.74, 6) is -6.89. The molecule has 1 fully saturated rings. The van der Waals surface area contributed by atoms with Crippen LogP contribution in [0.3, 0.4) is 0 Å². The van der Waals surface area contributed by atoms with Gasteiger partial charge in [-0.1, -0.05) is 0 Å². The molecule has 2 unspecified atom stereocenters. The fraction of sp³-hybridized carbons (Fsp3) is 0.750. The molecule has 17 nitrogen and oxygen atoms in total. The number of hydrogen-bond acceptors (Lipinski definition) is 14. The molecule has 8 atom stereocenters. The largest absolute Gasteiger partial charge is 0.475 e. The van der Waals surface area contributed by atoms with Crippen LogP contribution < -0.4 is 5.73 Å². The summed E-state index contributed by atoms with van der Waals surface area (Å²) < 4.78 is 77.2. The zero-order valence-corrected chi connectivity index (χ0v) is 16.6. The molecule has 2 aliphatic rings. The molecular weight excluding hydrogens is 478 g/mol. The molecule has 2 heterocycles. The van der Waals surface area contributed by atoms with Gasteiger partial charge in [-0.15, -0.1) is 0 Å². The van der Waals surface area contributed by atoms with Crippen molar-refractivity contribution in [3.63, 3.8) is 0 Å². The Bertz CT molecular complexity index is 963. The highest BCUT2D eigenvalue weighted by atomic mass is 32.3. The van der Waals surface area contributed by atoms with E-state index in [0.29, 0.717) is 6.08 Å². The number of ether oxygens (including phenoxy) is 2. The van der Waals surface area contributed by atoms with Crippen LogP contribution in [0, 0.1) is 0 Å². The number of carbonyl (C=O) groups is 1. The molecule has 0 aromatic heterocycles. The van der Waals surface area contributed by atoms with Gasteiger partial charge in [-0.2, -0.15) is 16.8 Å². The average Bonchev–Trinajstić information content (AvgIpc) is 2.62. The Hall–Kier alpha value is -1.49. The summed E-state index contributed by atoms with van der Waals surface area (Å²) >= 11 is 0. The van der Waals surface area contributed by atoms with E-state index in [2.05, 4.69) is 4.18 Å². The van der Waals surface area contributed by atoms with Crippen LogP contribution in [-0.2, 0) is 39.0 Å². The molecule has 0 bridgehead atoms. The second-order valence-electron chi connectivity index (χ2n) is 6.62. The van der Waals surface area contributed by atoms with Gasteiger partial charge in [-0.3, -0.25) is 9.11 Å². The first-order valence-corrected chi connectivity index (χ1v) is 10.8. The van der Waals surface area contributed by atoms with Crippen molar-refractivity contribution in [2.45, 2.75) is 47.3 Å². The predicted octanol–water partition coefficient (Wildman–Crippen LogP) is -5.75. The molecule has 0 radical (unpaired) electrons. The molecule has 0 saturated carbocycles. The van der Waals surface area contributed by atoms with Gasteiger partial charge >= 0.3 is 16.4 Å². The van der Waals surface area contributed by atoms with Crippen molar-refractivity contribution in [3.8, 4) is 0 Å². The summed E-state index contributed by atoms with van der Waals surface area (Å²) in [6, 6.07) is 0. The number of hydrogen-bond donors (Lipinski definition) is 9. The first-order valence-electron chi connectivity index (χ1n) is 7.98. The van der Waals surface area contributed by atoms with Crippen molar-refractivity contribution < 1.29 is 75.0 Å². The number of aliphatic carboxylic acids is 1. The van der Waals surface area contributed by atoms with Crippen LogP contribution in [0.2, 0.25) is 0 Å². The maximum atomic E-state index is 12.0. The van der Waals surface area contributed by atoms with E-state index in [-0.39, 0.29) is 0 Å². The SMILES string of the molecule is N[C@]1(S(=O)(=O)O)[C@@H](O)[C@H](O)[C@@H](COS(=O)(=O)O)OC1(O)C1OC(C(=O)O)=C[C@H](O)[C@H]1O. The summed E-state index contributed by atoms with van der Waals surface area (Å²) in [5.41, 5.74) is 5.48. The summed E-state index contributed by atoms with van der Waals surface area (Å²) in [7, 11) is -11.0. The van der Waals surface area contributed by atoms with Gasteiger partial charge in [-0.05, 0) is 6.08 Å². The zero-order valence-electron chi connectivity index (χ0n) is 15.0. The third-order valence-corrected chi connectivity index (χ3v) is 6.50. The topological polar surface area (TPSA) is 301 Å². The summed E-state index contributed by atoms with van der Waals surface area (Å²) in [5, 5.41) is 60.4. The second kappa shape index (κ2) is 8.13.